The van der Waals surface area contributed by atoms with Crippen LogP contribution in [0.1, 0.15) is 34.0 Å². The molecule has 0 heterocycles. The lowest BCUT2D eigenvalue weighted by Gasteiger charge is -2.15. The molecule has 0 aliphatic carbocycles. The number of hydrogen-bond acceptors (Lipinski definition) is 3. The fraction of sp³-hybridized carbons (Fsp3) is 0.200. The molecule has 0 bridgehead atoms. The Morgan fingerprint density at radius 2 is 1.60 bits per heavy atom. The Kier molecular flexibility index (Phi) is 7.22. The summed E-state index contributed by atoms with van der Waals surface area (Å²) < 4.78 is 0. The molecule has 3 N–H and O–H groups in total. The summed E-state index contributed by atoms with van der Waals surface area (Å²) in [6.45, 7) is 4.56. The highest BCUT2D eigenvalue weighted by Crippen LogP contribution is 2.21. The molecule has 3 aromatic carbocycles. The van der Waals surface area contributed by atoms with Gasteiger partial charge in [0, 0.05) is 17.9 Å². The van der Waals surface area contributed by atoms with E-state index in [1.54, 1.807) is 12.1 Å². The Bertz CT molecular complexity index is 1020. The zero-order chi connectivity index (χ0) is 21.3. The van der Waals surface area contributed by atoms with E-state index >= 15 is 0 Å². The highest BCUT2D eigenvalue weighted by molar-refractivity contribution is 6.01. The number of hydrogen-bond donors (Lipinski definition) is 3. The van der Waals surface area contributed by atoms with Crippen molar-refractivity contribution in [3.63, 3.8) is 0 Å². The predicted molar refractivity (Wildman–Crippen MR) is 122 cm³/mol. The number of carbonyl (C=O) groups excluding carboxylic acids is 2. The van der Waals surface area contributed by atoms with E-state index in [0.29, 0.717) is 17.8 Å². The molecule has 0 aromatic heterocycles. The lowest BCUT2D eigenvalue weighted by atomic mass is 10.1. The van der Waals surface area contributed by atoms with Gasteiger partial charge in [-0.05, 0) is 42.2 Å². The minimum Gasteiger partial charge on any atom is -0.376 e. The van der Waals surface area contributed by atoms with Gasteiger partial charge in [0.25, 0.3) is 5.91 Å². The summed E-state index contributed by atoms with van der Waals surface area (Å²) in [4.78, 5) is 25.2. The van der Waals surface area contributed by atoms with Gasteiger partial charge in [0.2, 0.25) is 5.91 Å². The molecule has 3 rings (SSSR count). The van der Waals surface area contributed by atoms with Crippen LogP contribution < -0.4 is 16.0 Å². The van der Waals surface area contributed by atoms with Crippen molar-refractivity contribution >= 4 is 23.2 Å². The second-order valence-corrected chi connectivity index (χ2v) is 7.08. The van der Waals surface area contributed by atoms with Crippen LogP contribution in [-0.4, -0.2) is 18.4 Å². The molecule has 0 unspecified atom stereocenters. The molecule has 2 amide bonds. The number of aryl methyl sites for hydroxylation is 2. The van der Waals surface area contributed by atoms with Crippen LogP contribution in [0.25, 0.3) is 0 Å². The minimum atomic E-state index is -0.186. The van der Waals surface area contributed by atoms with E-state index in [2.05, 4.69) is 22.9 Å². The largest absolute Gasteiger partial charge is 0.376 e. The highest BCUT2D eigenvalue weighted by atomic mass is 16.2. The molecule has 0 atom stereocenters. The van der Waals surface area contributed by atoms with Crippen LogP contribution in [0.2, 0.25) is 0 Å². The van der Waals surface area contributed by atoms with E-state index in [4.69, 9.17) is 0 Å². The first-order valence-electron chi connectivity index (χ1n) is 10.1. The van der Waals surface area contributed by atoms with Gasteiger partial charge >= 0.3 is 0 Å². The molecule has 0 aliphatic rings. The van der Waals surface area contributed by atoms with Crippen molar-refractivity contribution in [2.75, 3.05) is 17.2 Å². The van der Waals surface area contributed by atoms with E-state index < -0.39 is 0 Å². The van der Waals surface area contributed by atoms with Gasteiger partial charge in [-0.3, -0.25) is 9.59 Å². The standard InChI is InChI=1S/C25H27N3O2/c1-3-20-13-9-10-18(2)24(20)28-23(29)17-26-22-15-8-7-14-21(22)25(30)27-16-19-11-5-4-6-12-19/h4-15,26H,3,16-17H2,1-2H3,(H,27,30)(H,28,29). The molecule has 5 nitrogen and oxygen atoms in total. The fourth-order valence-corrected chi connectivity index (χ4v) is 3.27. The molecule has 154 valence electrons. The van der Waals surface area contributed by atoms with Crippen molar-refractivity contribution in [1.82, 2.24) is 5.32 Å². The van der Waals surface area contributed by atoms with E-state index in [0.717, 1.165) is 28.8 Å². The lowest BCUT2D eigenvalue weighted by Crippen LogP contribution is -2.26. The molecular formula is C25H27N3O2. The van der Waals surface area contributed by atoms with E-state index in [-0.39, 0.29) is 18.4 Å². The highest BCUT2D eigenvalue weighted by Gasteiger charge is 2.13. The Morgan fingerprint density at radius 1 is 0.867 bits per heavy atom. The van der Waals surface area contributed by atoms with Gasteiger partial charge in [0.15, 0.2) is 0 Å². The van der Waals surface area contributed by atoms with Crippen molar-refractivity contribution in [3.8, 4) is 0 Å². The van der Waals surface area contributed by atoms with E-state index in [1.807, 2.05) is 67.6 Å². The smallest absolute Gasteiger partial charge is 0.253 e. The molecular weight excluding hydrogens is 374 g/mol. The first-order chi connectivity index (χ1) is 14.6. The van der Waals surface area contributed by atoms with Gasteiger partial charge in [-0.15, -0.1) is 0 Å². The Labute approximate surface area is 177 Å². The number of benzene rings is 3. The Balaban J connectivity index is 1.62. The van der Waals surface area contributed by atoms with Crippen LogP contribution in [0.3, 0.4) is 0 Å². The van der Waals surface area contributed by atoms with Gasteiger partial charge in [0.1, 0.15) is 0 Å². The van der Waals surface area contributed by atoms with Gasteiger partial charge < -0.3 is 16.0 Å². The van der Waals surface area contributed by atoms with Crippen molar-refractivity contribution in [1.29, 1.82) is 0 Å². The minimum absolute atomic E-state index is 0.0699. The average molecular weight is 402 g/mol. The summed E-state index contributed by atoms with van der Waals surface area (Å²) in [5, 5.41) is 9.02. The maximum absolute atomic E-state index is 12.7. The third kappa shape index (κ3) is 5.47. The molecule has 3 aromatic rings. The fourth-order valence-electron chi connectivity index (χ4n) is 3.27. The van der Waals surface area contributed by atoms with E-state index in [9.17, 15) is 9.59 Å². The van der Waals surface area contributed by atoms with Gasteiger partial charge in [-0.2, -0.15) is 0 Å². The maximum atomic E-state index is 12.7. The normalized spacial score (nSPS) is 10.3. The third-order valence-corrected chi connectivity index (χ3v) is 4.91. The van der Waals surface area contributed by atoms with Crippen molar-refractivity contribution in [2.24, 2.45) is 0 Å². The SMILES string of the molecule is CCc1cccc(C)c1NC(=O)CNc1ccccc1C(=O)NCc1ccccc1. The first-order valence-corrected chi connectivity index (χ1v) is 10.1. The zero-order valence-electron chi connectivity index (χ0n) is 17.4. The summed E-state index contributed by atoms with van der Waals surface area (Å²) in [6.07, 6.45) is 0.842. The van der Waals surface area contributed by atoms with E-state index in [1.165, 1.54) is 0 Å². The second kappa shape index (κ2) is 10.3. The number of rotatable bonds is 8. The molecule has 0 fully saturated rings. The number of anilines is 2. The summed E-state index contributed by atoms with van der Waals surface area (Å²) in [6, 6.07) is 22.9. The van der Waals surface area contributed by atoms with Crippen molar-refractivity contribution in [2.45, 2.75) is 26.8 Å². The van der Waals surface area contributed by atoms with Crippen LogP contribution in [0.5, 0.6) is 0 Å². The summed E-state index contributed by atoms with van der Waals surface area (Å²) >= 11 is 0. The first kappa shape index (κ1) is 21.1. The average Bonchev–Trinajstić information content (AvgIpc) is 2.78. The van der Waals surface area contributed by atoms with Gasteiger partial charge in [-0.1, -0.05) is 67.6 Å². The van der Waals surface area contributed by atoms with Crippen LogP contribution >= 0.6 is 0 Å². The Morgan fingerprint density at radius 3 is 2.37 bits per heavy atom. The summed E-state index contributed by atoms with van der Waals surface area (Å²) in [5.41, 5.74) is 5.15. The summed E-state index contributed by atoms with van der Waals surface area (Å²) in [5.74, 6) is -0.340. The maximum Gasteiger partial charge on any atom is 0.253 e. The molecule has 0 saturated heterocycles. The number of carbonyl (C=O) groups is 2. The van der Waals surface area contributed by atoms with Crippen LogP contribution in [0, 0.1) is 6.92 Å². The molecule has 0 aliphatic heterocycles. The molecule has 30 heavy (non-hydrogen) atoms. The number of nitrogens with one attached hydrogen (secondary N) is 3. The van der Waals surface area contributed by atoms with Gasteiger partial charge in [-0.25, -0.2) is 0 Å². The predicted octanol–water partition coefficient (Wildman–Crippen LogP) is 4.54. The number of amides is 2. The van der Waals surface area contributed by atoms with Gasteiger partial charge in [0.05, 0.1) is 12.1 Å². The second-order valence-electron chi connectivity index (χ2n) is 7.08. The molecule has 5 heteroatoms. The van der Waals surface area contributed by atoms with Crippen LogP contribution in [0.4, 0.5) is 11.4 Å². The quantitative estimate of drug-likeness (QED) is 0.519. The molecule has 0 saturated carbocycles. The van der Waals surface area contributed by atoms with Crippen LogP contribution in [0.15, 0.2) is 72.8 Å². The number of para-hydroxylation sites is 2. The third-order valence-electron chi connectivity index (χ3n) is 4.91. The topological polar surface area (TPSA) is 70.2 Å². The van der Waals surface area contributed by atoms with Crippen molar-refractivity contribution in [3.05, 3.63) is 95.1 Å². The molecule has 0 radical (unpaired) electrons. The molecule has 0 spiro atoms. The summed E-state index contributed by atoms with van der Waals surface area (Å²) in [7, 11) is 0. The van der Waals surface area contributed by atoms with Crippen molar-refractivity contribution < 1.29 is 9.59 Å². The Hall–Kier alpha value is -3.60. The van der Waals surface area contributed by atoms with Crippen LogP contribution in [-0.2, 0) is 17.8 Å². The lowest BCUT2D eigenvalue weighted by molar-refractivity contribution is -0.114. The zero-order valence-corrected chi connectivity index (χ0v) is 17.4. The monoisotopic (exact) mass is 401 g/mol.